The van der Waals surface area contributed by atoms with Crippen molar-refractivity contribution >= 4 is 5.97 Å². The second kappa shape index (κ2) is 7.14. The quantitative estimate of drug-likeness (QED) is 0.827. The summed E-state index contributed by atoms with van der Waals surface area (Å²) in [5.41, 5.74) is 0. The van der Waals surface area contributed by atoms with Crippen LogP contribution in [0.3, 0.4) is 0 Å². The van der Waals surface area contributed by atoms with Crippen LogP contribution in [-0.4, -0.2) is 48.3 Å². The first kappa shape index (κ1) is 14.7. The second-order valence-corrected chi connectivity index (χ2v) is 4.76. The van der Waals surface area contributed by atoms with Crippen molar-refractivity contribution in [2.24, 2.45) is 0 Å². The molecule has 2 rings (SSSR count). The summed E-state index contributed by atoms with van der Waals surface area (Å²) in [6.45, 7) is 4.44. The molecule has 5 nitrogen and oxygen atoms in total. The van der Waals surface area contributed by atoms with Crippen molar-refractivity contribution in [2.75, 3.05) is 26.3 Å². The maximum Gasteiger partial charge on any atom is 0.320 e. The van der Waals surface area contributed by atoms with E-state index in [4.69, 9.17) is 14.6 Å². The molecule has 0 amide bonds. The first-order valence-corrected chi connectivity index (χ1v) is 7.04. The third-order valence-corrected chi connectivity index (χ3v) is 3.43. The first-order chi connectivity index (χ1) is 9.72. The molecule has 0 unspecified atom stereocenters. The lowest BCUT2D eigenvalue weighted by molar-refractivity contribution is -0.142. The Morgan fingerprint density at radius 3 is 2.70 bits per heavy atom. The molecule has 1 atom stereocenters. The minimum Gasteiger partial charge on any atom is -0.490 e. The Bertz CT molecular complexity index is 449. The summed E-state index contributed by atoms with van der Waals surface area (Å²) in [5, 5.41) is 9.11. The lowest BCUT2D eigenvalue weighted by Gasteiger charge is -2.21. The predicted molar refractivity (Wildman–Crippen MR) is 75.3 cm³/mol. The molecule has 0 saturated carbocycles. The largest absolute Gasteiger partial charge is 0.490 e. The maximum absolute atomic E-state index is 11.1. The highest BCUT2D eigenvalue weighted by Gasteiger charge is 2.29. The fraction of sp³-hybridized carbons (Fsp3) is 0.533. The van der Waals surface area contributed by atoms with Gasteiger partial charge in [-0.15, -0.1) is 0 Å². The van der Waals surface area contributed by atoms with Gasteiger partial charge in [0.2, 0.25) is 0 Å². The normalized spacial score (nSPS) is 18.9. The summed E-state index contributed by atoms with van der Waals surface area (Å²) in [5.74, 6) is 0.698. The molecule has 1 aliphatic heterocycles. The van der Waals surface area contributed by atoms with Gasteiger partial charge in [0.1, 0.15) is 12.6 Å². The number of likely N-dealkylation sites (tertiary alicyclic amines) is 1. The molecule has 20 heavy (non-hydrogen) atoms. The number of carboxylic acids is 1. The number of hydrogen-bond acceptors (Lipinski definition) is 4. The van der Waals surface area contributed by atoms with E-state index >= 15 is 0 Å². The Kier molecular flexibility index (Phi) is 5.24. The van der Waals surface area contributed by atoms with Crippen molar-refractivity contribution in [3.05, 3.63) is 24.3 Å². The molecule has 0 radical (unpaired) electrons. The third kappa shape index (κ3) is 3.63. The highest BCUT2D eigenvalue weighted by Crippen LogP contribution is 2.26. The zero-order valence-electron chi connectivity index (χ0n) is 11.7. The van der Waals surface area contributed by atoms with Gasteiger partial charge < -0.3 is 14.6 Å². The average molecular weight is 279 g/mol. The van der Waals surface area contributed by atoms with Crippen molar-refractivity contribution in [1.29, 1.82) is 0 Å². The molecule has 0 aromatic heterocycles. The van der Waals surface area contributed by atoms with E-state index < -0.39 is 5.97 Å². The molecule has 0 bridgehead atoms. The van der Waals surface area contributed by atoms with Gasteiger partial charge in [0.25, 0.3) is 0 Å². The average Bonchev–Trinajstić information content (AvgIpc) is 2.90. The highest BCUT2D eigenvalue weighted by molar-refractivity contribution is 5.73. The van der Waals surface area contributed by atoms with Gasteiger partial charge in [-0.1, -0.05) is 12.1 Å². The molecule has 1 aliphatic rings. The number of para-hydroxylation sites is 2. The number of benzene rings is 1. The monoisotopic (exact) mass is 279 g/mol. The molecule has 1 aromatic carbocycles. The van der Waals surface area contributed by atoms with Crippen LogP contribution < -0.4 is 9.47 Å². The number of rotatable bonds is 7. The topological polar surface area (TPSA) is 59.0 Å². The molecule has 5 heteroatoms. The summed E-state index contributed by atoms with van der Waals surface area (Å²) >= 11 is 0. The van der Waals surface area contributed by atoms with E-state index in [2.05, 4.69) is 0 Å². The summed E-state index contributed by atoms with van der Waals surface area (Å²) in [7, 11) is 0. The van der Waals surface area contributed by atoms with Crippen LogP contribution in [0.5, 0.6) is 11.5 Å². The fourth-order valence-corrected chi connectivity index (χ4v) is 2.49. The maximum atomic E-state index is 11.1. The number of carboxylic acid groups (broad SMARTS) is 1. The summed E-state index contributed by atoms with van der Waals surface area (Å²) in [6.07, 6.45) is 1.66. The molecule has 1 N–H and O–H groups in total. The van der Waals surface area contributed by atoms with E-state index in [0.717, 1.165) is 25.1 Å². The van der Waals surface area contributed by atoms with Crippen LogP contribution in [-0.2, 0) is 4.79 Å². The molecule has 1 aromatic rings. The minimum atomic E-state index is -0.739. The van der Waals surface area contributed by atoms with Crippen LogP contribution in [0.2, 0.25) is 0 Å². The van der Waals surface area contributed by atoms with E-state index in [1.807, 2.05) is 36.1 Å². The first-order valence-electron chi connectivity index (χ1n) is 7.04. The number of ether oxygens (including phenoxy) is 2. The minimum absolute atomic E-state index is 0.360. The van der Waals surface area contributed by atoms with Crippen molar-refractivity contribution in [2.45, 2.75) is 25.8 Å². The van der Waals surface area contributed by atoms with Crippen molar-refractivity contribution in [3.8, 4) is 11.5 Å². The van der Waals surface area contributed by atoms with E-state index in [1.165, 1.54) is 0 Å². The molecule has 1 saturated heterocycles. The number of hydrogen-bond donors (Lipinski definition) is 1. The molecule has 1 heterocycles. The lowest BCUT2D eigenvalue weighted by Crippen LogP contribution is -2.38. The van der Waals surface area contributed by atoms with Crippen molar-refractivity contribution in [1.82, 2.24) is 4.90 Å². The van der Waals surface area contributed by atoms with E-state index in [9.17, 15) is 4.79 Å². The molecule has 110 valence electrons. The second-order valence-electron chi connectivity index (χ2n) is 4.76. The summed E-state index contributed by atoms with van der Waals surface area (Å²) in [4.78, 5) is 13.0. The summed E-state index contributed by atoms with van der Waals surface area (Å²) < 4.78 is 11.2. The molecular weight excluding hydrogens is 258 g/mol. The Morgan fingerprint density at radius 2 is 2.05 bits per heavy atom. The van der Waals surface area contributed by atoms with Gasteiger partial charge in [-0.3, -0.25) is 9.69 Å². The highest BCUT2D eigenvalue weighted by atomic mass is 16.5. The van der Waals surface area contributed by atoms with E-state index in [0.29, 0.717) is 25.5 Å². The lowest BCUT2D eigenvalue weighted by atomic mass is 10.2. The molecule has 0 aliphatic carbocycles. The Labute approximate surface area is 119 Å². The zero-order valence-corrected chi connectivity index (χ0v) is 11.7. The number of aliphatic carboxylic acids is 1. The summed E-state index contributed by atoms with van der Waals surface area (Å²) in [6, 6.07) is 7.17. The van der Waals surface area contributed by atoms with Crippen LogP contribution in [0.4, 0.5) is 0 Å². The molecule has 1 fully saturated rings. The van der Waals surface area contributed by atoms with Gasteiger partial charge >= 0.3 is 5.97 Å². The third-order valence-electron chi connectivity index (χ3n) is 3.43. The smallest absolute Gasteiger partial charge is 0.320 e. The Balaban J connectivity index is 1.85. The van der Waals surface area contributed by atoms with Gasteiger partial charge in [-0.2, -0.15) is 0 Å². The Hall–Kier alpha value is -1.75. The van der Waals surface area contributed by atoms with Gasteiger partial charge in [-0.05, 0) is 38.4 Å². The SMILES string of the molecule is CCOc1ccccc1OCCN1CCC[C@@H]1C(=O)O. The van der Waals surface area contributed by atoms with Gasteiger partial charge in [0.05, 0.1) is 6.61 Å². The van der Waals surface area contributed by atoms with E-state index in [1.54, 1.807) is 0 Å². The van der Waals surface area contributed by atoms with E-state index in [-0.39, 0.29) is 6.04 Å². The zero-order chi connectivity index (χ0) is 14.4. The number of nitrogens with zero attached hydrogens (tertiary/aromatic N) is 1. The van der Waals surface area contributed by atoms with Crippen molar-refractivity contribution in [3.63, 3.8) is 0 Å². The van der Waals surface area contributed by atoms with Crippen LogP contribution in [0.25, 0.3) is 0 Å². The van der Waals surface area contributed by atoms with Crippen LogP contribution >= 0.6 is 0 Å². The van der Waals surface area contributed by atoms with Gasteiger partial charge in [0, 0.05) is 6.54 Å². The Morgan fingerprint density at radius 1 is 1.35 bits per heavy atom. The molecule has 0 spiro atoms. The van der Waals surface area contributed by atoms with Crippen LogP contribution in [0.15, 0.2) is 24.3 Å². The van der Waals surface area contributed by atoms with Gasteiger partial charge in [0.15, 0.2) is 11.5 Å². The van der Waals surface area contributed by atoms with Crippen molar-refractivity contribution < 1.29 is 19.4 Å². The van der Waals surface area contributed by atoms with Crippen LogP contribution in [0.1, 0.15) is 19.8 Å². The van der Waals surface area contributed by atoms with Crippen LogP contribution in [0, 0.1) is 0 Å². The van der Waals surface area contributed by atoms with Gasteiger partial charge in [-0.25, -0.2) is 0 Å². The fourth-order valence-electron chi connectivity index (χ4n) is 2.49. The molecular formula is C15H21NO4. The standard InChI is InChI=1S/C15H21NO4/c1-2-19-13-7-3-4-8-14(13)20-11-10-16-9-5-6-12(16)15(17)18/h3-4,7-8,12H,2,5-6,9-11H2,1H3,(H,17,18)/t12-/m1/s1. The predicted octanol–water partition coefficient (Wildman–Crippen LogP) is 2.01. The number of carbonyl (C=O) groups is 1.